The van der Waals surface area contributed by atoms with E-state index in [2.05, 4.69) is 24.5 Å². The molecule has 0 atom stereocenters. The van der Waals surface area contributed by atoms with Gasteiger partial charge < -0.3 is 24.8 Å². The highest BCUT2D eigenvalue weighted by molar-refractivity contribution is 4.51. The van der Waals surface area contributed by atoms with Gasteiger partial charge in [0.25, 0.3) is 0 Å². The summed E-state index contributed by atoms with van der Waals surface area (Å²) in [5.74, 6) is 0. The average molecular weight is 276 g/mol. The molecule has 0 aromatic rings. The molecule has 0 aromatic heterocycles. The van der Waals surface area contributed by atoms with Crippen LogP contribution in [0.3, 0.4) is 0 Å². The lowest BCUT2D eigenvalue weighted by Crippen LogP contribution is -2.24. The van der Waals surface area contributed by atoms with Gasteiger partial charge in [-0.1, -0.05) is 13.8 Å². The van der Waals surface area contributed by atoms with E-state index < -0.39 is 0 Å². The molecular weight excluding hydrogens is 244 g/mol. The van der Waals surface area contributed by atoms with Gasteiger partial charge >= 0.3 is 0 Å². The molecule has 0 heterocycles. The SMILES string of the molecule is CNCCCOCCOCCOCCCNC(C)C. The first-order valence-corrected chi connectivity index (χ1v) is 7.38. The Morgan fingerprint density at radius 3 is 1.68 bits per heavy atom. The first-order valence-electron chi connectivity index (χ1n) is 7.38. The fraction of sp³-hybridized carbons (Fsp3) is 1.00. The van der Waals surface area contributed by atoms with Crippen molar-refractivity contribution in [3.8, 4) is 0 Å². The maximum Gasteiger partial charge on any atom is 0.0701 e. The first kappa shape index (κ1) is 18.8. The van der Waals surface area contributed by atoms with Crippen LogP contribution in [-0.2, 0) is 14.2 Å². The van der Waals surface area contributed by atoms with E-state index in [4.69, 9.17) is 14.2 Å². The zero-order chi connectivity index (χ0) is 14.2. The second kappa shape index (κ2) is 15.9. The molecule has 0 bridgehead atoms. The molecule has 0 unspecified atom stereocenters. The van der Waals surface area contributed by atoms with Gasteiger partial charge in [0.05, 0.1) is 26.4 Å². The maximum absolute atomic E-state index is 5.46. The predicted octanol–water partition coefficient (Wildman–Crippen LogP) is 1.03. The van der Waals surface area contributed by atoms with Crippen LogP contribution in [0.1, 0.15) is 26.7 Å². The number of rotatable bonds is 15. The topological polar surface area (TPSA) is 51.8 Å². The van der Waals surface area contributed by atoms with Crippen molar-refractivity contribution < 1.29 is 14.2 Å². The van der Waals surface area contributed by atoms with Crippen molar-refractivity contribution in [2.75, 3.05) is 59.8 Å². The standard InChI is InChI=1S/C14H32N2O3/c1-14(2)16-7-5-9-18-11-13-19-12-10-17-8-4-6-15-3/h14-16H,4-13H2,1-3H3. The molecule has 0 aliphatic heterocycles. The van der Waals surface area contributed by atoms with E-state index in [1.54, 1.807) is 0 Å². The molecule has 0 aliphatic carbocycles. The highest BCUT2D eigenvalue weighted by atomic mass is 16.5. The van der Waals surface area contributed by atoms with Gasteiger partial charge in [-0.2, -0.15) is 0 Å². The highest BCUT2D eigenvalue weighted by Gasteiger charge is 1.93. The second-order valence-electron chi connectivity index (χ2n) is 4.76. The summed E-state index contributed by atoms with van der Waals surface area (Å²) in [4.78, 5) is 0. The first-order chi connectivity index (χ1) is 9.27. The predicted molar refractivity (Wildman–Crippen MR) is 78.8 cm³/mol. The molecule has 2 N–H and O–H groups in total. The molecule has 5 nitrogen and oxygen atoms in total. The van der Waals surface area contributed by atoms with Crippen LogP contribution in [-0.4, -0.2) is 65.8 Å². The molecule has 19 heavy (non-hydrogen) atoms. The van der Waals surface area contributed by atoms with E-state index in [0.717, 1.165) is 39.1 Å². The molecular formula is C14H32N2O3. The van der Waals surface area contributed by atoms with E-state index in [0.29, 0.717) is 32.5 Å². The number of hydrogen-bond donors (Lipinski definition) is 2. The molecule has 0 spiro atoms. The molecule has 5 heteroatoms. The van der Waals surface area contributed by atoms with Crippen LogP contribution in [0.2, 0.25) is 0 Å². The molecule has 0 amide bonds. The molecule has 0 saturated heterocycles. The summed E-state index contributed by atoms with van der Waals surface area (Å²) < 4.78 is 16.3. The van der Waals surface area contributed by atoms with Crippen LogP contribution in [0.4, 0.5) is 0 Å². The average Bonchev–Trinajstić information content (AvgIpc) is 2.39. The lowest BCUT2D eigenvalue weighted by molar-refractivity contribution is 0.0138. The summed E-state index contributed by atoms with van der Waals surface area (Å²) in [7, 11) is 1.95. The molecule has 0 aromatic carbocycles. The van der Waals surface area contributed by atoms with Crippen molar-refractivity contribution in [1.82, 2.24) is 10.6 Å². The number of nitrogens with one attached hydrogen (secondary N) is 2. The van der Waals surface area contributed by atoms with Crippen molar-refractivity contribution in [2.24, 2.45) is 0 Å². The van der Waals surface area contributed by atoms with Crippen LogP contribution in [0.15, 0.2) is 0 Å². The molecule has 116 valence electrons. The van der Waals surface area contributed by atoms with E-state index in [-0.39, 0.29) is 0 Å². The van der Waals surface area contributed by atoms with Crippen LogP contribution in [0.25, 0.3) is 0 Å². The van der Waals surface area contributed by atoms with E-state index in [9.17, 15) is 0 Å². The Balaban J connectivity index is 2.91. The van der Waals surface area contributed by atoms with Crippen LogP contribution < -0.4 is 10.6 Å². The quantitative estimate of drug-likeness (QED) is 0.438. The van der Waals surface area contributed by atoms with E-state index in [1.165, 1.54) is 0 Å². The largest absolute Gasteiger partial charge is 0.379 e. The van der Waals surface area contributed by atoms with Crippen LogP contribution >= 0.6 is 0 Å². The zero-order valence-corrected chi connectivity index (χ0v) is 12.9. The number of ether oxygens (including phenoxy) is 3. The Bertz CT molecular complexity index is 169. The van der Waals surface area contributed by atoms with Crippen LogP contribution in [0, 0.1) is 0 Å². The van der Waals surface area contributed by atoms with E-state index >= 15 is 0 Å². The van der Waals surface area contributed by atoms with Crippen molar-refractivity contribution >= 4 is 0 Å². The Kier molecular flexibility index (Phi) is 15.7. The van der Waals surface area contributed by atoms with Crippen LogP contribution in [0.5, 0.6) is 0 Å². The molecule has 0 fully saturated rings. The minimum Gasteiger partial charge on any atom is -0.379 e. The fourth-order valence-corrected chi connectivity index (χ4v) is 1.46. The van der Waals surface area contributed by atoms with Crippen molar-refractivity contribution in [3.05, 3.63) is 0 Å². The minimum atomic E-state index is 0.552. The van der Waals surface area contributed by atoms with Gasteiger partial charge in [0, 0.05) is 19.3 Å². The lowest BCUT2D eigenvalue weighted by Gasteiger charge is -2.08. The van der Waals surface area contributed by atoms with Gasteiger partial charge in [-0.25, -0.2) is 0 Å². The highest BCUT2D eigenvalue weighted by Crippen LogP contribution is 1.86. The maximum atomic E-state index is 5.46. The Hall–Kier alpha value is -0.200. The monoisotopic (exact) mass is 276 g/mol. The molecule has 0 radical (unpaired) electrons. The second-order valence-corrected chi connectivity index (χ2v) is 4.76. The lowest BCUT2D eigenvalue weighted by atomic mass is 10.3. The zero-order valence-electron chi connectivity index (χ0n) is 12.9. The van der Waals surface area contributed by atoms with Crippen molar-refractivity contribution in [2.45, 2.75) is 32.7 Å². The molecule has 0 rings (SSSR count). The van der Waals surface area contributed by atoms with Gasteiger partial charge in [-0.15, -0.1) is 0 Å². The number of hydrogen-bond acceptors (Lipinski definition) is 5. The van der Waals surface area contributed by atoms with Crippen molar-refractivity contribution in [3.63, 3.8) is 0 Å². The smallest absolute Gasteiger partial charge is 0.0701 e. The Labute approximate surface area is 118 Å². The third-order valence-electron chi connectivity index (χ3n) is 2.48. The van der Waals surface area contributed by atoms with Gasteiger partial charge in [-0.3, -0.25) is 0 Å². The minimum absolute atomic E-state index is 0.552. The molecule has 0 aliphatic rings. The normalized spacial score (nSPS) is 11.4. The fourth-order valence-electron chi connectivity index (χ4n) is 1.46. The summed E-state index contributed by atoms with van der Waals surface area (Å²) >= 11 is 0. The summed E-state index contributed by atoms with van der Waals surface area (Å²) in [6.45, 7) is 10.5. The van der Waals surface area contributed by atoms with Crippen molar-refractivity contribution in [1.29, 1.82) is 0 Å². The summed E-state index contributed by atoms with van der Waals surface area (Å²) in [6, 6.07) is 0.552. The summed E-state index contributed by atoms with van der Waals surface area (Å²) in [5.41, 5.74) is 0. The van der Waals surface area contributed by atoms with Gasteiger partial charge in [-0.05, 0) is 33.0 Å². The van der Waals surface area contributed by atoms with Gasteiger partial charge in [0.15, 0.2) is 0 Å². The Morgan fingerprint density at radius 1 is 0.737 bits per heavy atom. The van der Waals surface area contributed by atoms with Gasteiger partial charge in [0.1, 0.15) is 0 Å². The van der Waals surface area contributed by atoms with E-state index in [1.807, 2.05) is 7.05 Å². The van der Waals surface area contributed by atoms with Gasteiger partial charge in [0.2, 0.25) is 0 Å². The summed E-state index contributed by atoms with van der Waals surface area (Å²) in [6.07, 6.45) is 2.09. The third-order valence-corrected chi connectivity index (χ3v) is 2.48. The molecule has 0 saturated carbocycles. The Morgan fingerprint density at radius 2 is 1.21 bits per heavy atom. The third kappa shape index (κ3) is 17.8. The summed E-state index contributed by atoms with van der Waals surface area (Å²) in [5, 5.41) is 6.43.